The topological polar surface area (TPSA) is 46.5 Å². The smallest absolute Gasteiger partial charge is 0.128 e. The van der Waals surface area contributed by atoms with Crippen molar-refractivity contribution < 1.29 is 14.6 Å². The molecule has 1 atom stereocenters. The molecule has 0 amide bonds. The Balaban J connectivity index is 2.74. The van der Waals surface area contributed by atoms with Crippen molar-refractivity contribution in [1.82, 2.24) is 0 Å². The van der Waals surface area contributed by atoms with E-state index >= 15 is 0 Å². The van der Waals surface area contributed by atoms with Crippen molar-refractivity contribution in [3.8, 4) is 5.75 Å². The van der Waals surface area contributed by atoms with Crippen molar-refractivity contribution in [3.63, 3.8) is 0 Å². The van der Waals surface area contributed by atoms with E-state index in [0.717, 1.165) is 11.8 Å². The Morgan fingerprint density at radius 1 is 1.40 bits per heavy atom. The predicted molar refractivity (Wildman–Crippen MR) is 57.9 cm³/mol. The summed E-state index contributed by atoms with van der Waals surface area (Å²) in [5.41, 5.74) is 0.519. The van der Waals surface area contributed by atoms with Crippen LogP contribution < -0.4 is 0 Å². The number of carbonyl (C=O) groups excluding carboxylic acids is 1. The first-order valence-corrected chi connectivity index (χ1v) is 4.83. The molecular formula is C12H16O3. The first-order valence-electron chi connectivity index (χ1n) is 4.83. The van der Waals surface area contributed by atoms with Crippen LogP contribution in [0.15, 0.2) is 24.3 Å². The SMILES string of the molecule is COC[C@@](C)(C=O)Cc1ccc(O)cc1. The van der Waals surface area contributed by atoms with Gasteiger partial charge in [-0.1, -0.05) is 19.1 Å². The second-order valence-electron chi connectivity index (χ2n) is 4.05. The van der Waals surface area contributed by atoms with Gasteiger partial charge in [0.2, 0.25) is 0 Å². The van der Waals surface area contributed by atoms with E-state index < -0.39 is 5.41 Å². The molecule has 0 aliphatic carbocycles. The predicted octanol–water partition coefficient (Wildman–Crippen LogP) is 1.79. The normalized spacial score (nSPS) is 14.5. The van der Waals surface area contributed by atoms with E-state index in [4.69, 9.17) is 9.84 Å². The molecule has 15 heavy (non-hydrogen) atoms. The molecule has 0 radical (unpaired) electrons. The fraction of sp³-hybridized carbons (Fsp3) is 0.417. The molecule has 0 aliphatic rings. The molecule has 0 aromatic heterocycles. The maximum absolute atomic E-state index is 11.0. The first kappa shape index (κ1) is 11.7. The van der Waals surface area contributed by atoms with E-state index in [1.807, 2.05) is 19.1 Å². The highest BCUT2D eigenvalue weighted by Gasteiger charge is 2.23. The maximum Gasteiger partial charge on any atom is 0.128 e. The summed E-state index contributed by atoms with van der Waals surface area (Å²) in [5.74, 6) is 0.235. The van der Waals surface area contributed by atoms with Crippen LogP contribution in [0.25, 0.3) is 0 Å². The number of benzene rings is 1. The molecule has 1 N–H and O–H groups in total. The van der Waals surface area contributed by atoms with E-state index in [1.54, 1.807) is 19.2 Å². The summed E-state index contributed by atoms with van der Waals surface area (Å²) in [6, 6.07) is 6.86. The van der Waals surface area contributed by atoms with Crippen LogP contribution in [0, 0.1) is 5.41 Å². The second-order valence-corrected chi connectivity index (χ2v) is 4.05. The van der Waals surface area contributed by atoms with Gasteiger partial charge in [0.1, 0.15) is 12.0 Å². The van der Waals surface area contributed by atoms with E-state index in [2.05, 4.69) is 0 Å². The summed E-state index contributed by atoms with van der Waals surface area (Å²) in [5, 5.41) is 9.12. The van der Waals surface area contributed by atoms with Gasteiger partial charge in [0.15, 0.2) is 0 Å². The molecule has 0 bridgehead atoms. The number of hydrogen-bond acceptors (Lipinski definition) is 3. The van der Waals surface area contributed by atoms with Crippen LogP contribution in [-0.2, 0) is 16.0 Å². The molecule has 3 heteroatoms. The zero-order valence-electron chi connectivity index (χ0n) is 9.06. The number of aromatic hydroxyl groups is 1. The quantitative estimate of drug-likeness (QED) is 0.750. The summed E-state index contributed by atoms with van der Waals surface area (Å²) < 4.78 is 5.01. The number of ether oxygens (including phenoxy) is 1. The zero-order valence-corrected chi connectivity index (χ0v) is 9.06. The Bertz CT molecular complexity index is 318. The number of phenols is 1. The minimum atomic E-state index is -0.494. The van der Waals surface area contributed by atoms with Crippen LogP contribution >= 0.6 is 0 Å². The van der Waals surface area contributed by atoms with Crippen molar-refractivity contribution in [1.29, 1.82) is 0 Å². The molecule has 0 heterocycles. The molecule has 1 aromatic rings. The monoisotopic (exact) mass is 208 g/mol. The van der Waals surface area contributed by atoms with Crippen molar-refractivity contribution >= 4 is 6.29 Å². The maximum atomic E-state index is 11.0. The Morgan fingerprint density at radius 3 is 2.47 bits per heavy atom. The Hall–Kier alpha value is -1.35. The van der Waals surface area contributed by atoms with Crippen molar-refractivity contribution in [2.45, 2.75) is 13.3 Å². The number of phenolic OH excluding ortho intramolecular Hbond substituents is 1. The highest BCUT2D eigenvalue weighted by molar-refractivity contribution is 5.59. The summed E-state index contributed by atoms with van der Waals surface area (Å²) in [6.07, 6.45) is 1.54. The van der Waals surface area contributed by atoms with Crippen LogP contribution in [0.1, 0.15) is 12.5 Å². The van der Waals surface area contributed by atoms with Gasteiger partial charge < -0.3 is 14.6 Å². The van der Waals surface area contributed by atoms with Crippen LogP contribution in [0.3, 0.4) is 0 Å². The second kappa shape index (κ2) is 4.94. The van der Waals surface area contributed by atoms with Crippen LogP contribution in [-0.4, -0.2) is 25.1 Å². The van der Waals surface area contributed by atoms with E-state index in [9.17, 15) is 4.79 Å². The van der Waals surface area contributed by atoms with Crippen LogP contribution in [0.5, 0.6) is 5.75 Å². The van der Waals surface area contributed by atoms with Gasteiger partial charge in [-0.15, -0.1) is 0 Å². The van der Waals surface area contributed by atoms with Gasteiger partial charge in [0.25, 0.3) is 0 Å². The summed E-state index contributed by atoms with van der Waals surface area (Å²) >= 11 is 0. The third-order valence-corrected chi connectivity index (χ3v) is 2.30. The summed E-state index contributed by atoms with van der Waals surface area (Å²) in [4.78, 5) is 11.0. The average Bonchev–Trinajstić information content (AvgIpc) is 2.22. The molecule has 0 fully saturated rings. The van der Waals surface area contributed by atoms with Gasteiger partial charge in [-0.05, 0) is 24.1 Å². The standard InChI is InChI=1S/C12H16O3/c1-12(8-13,9-15-2)7-10-3-5-11(14)6-4-10/h3-6,8,14H,7,9H2,1-2H3/t12-/m1/s1. The van der Waals surface area contributed by atoms with Crippen molar-refractivity contribution in [2.75, 3.05) is 13.7 Å². The minimum Gasteiger partial charge on any atom is -0.508 e. The van der Waals surface area contributed by atoms with Gasteiger partial charge in [0.05, 0.1) is 12.0 Å². The number of rotatable bonds is 5. The largest absolute Gasteiger partial charge is 0.508 e. The molecule has 0 aliphatic heterocycles. The number of methoxy groups -OCH3 is 1. The van der Waals surface area contributed by atoms with Gasteiger partial charge in [0, 0.05) is 7.11 Å². The lowest BCUT2D eigenvalue weighted by atomic mass is 9.86. The molecule has 0 saturated heterocycles. The van der Waals surface area contributed by atoms with Crippen LogP contribution in [0.2, 0.25) is 0 Å². The fourth-order valence-corrected chi connectivity index (χ4v) is 1.54. The third-order valence-electron chi connectivity index (χ3n) is 2.30. The molecule has 82 valence electrons. The van der Waals surface area contributed by atoms with Gasteiger partial charge in [-0.3, -0.25) is 0 Å². The molecule has 1 aromatic carbocycles. The molecule has 0 saturated carbocycles. The summed E-state index contributed by atoms with van der Waals surface area (Å²) in [7, 11) is 1.58. The first-order chi connectivity index (χ1) is 7.09. The Morgan fingerprint density at radius 2 is 2.00 bits per heavy atom. The fourth-order valence-electron chi connectivity index (χ4n) is 1.54. The molecule has 1 rings (SSSR count). The highest BCUT2D eigenvalue weighted by Crippen LogP contribution is 2.21. The minimum absolute atomic E-state index is 0.235. The third kappa shape index (κ3) is 3.36. The average molecular weight is 208 g/mol. The lowest BCUT2D eigenvalue weighted by molar-refractivity contribution is -0.118. The van der Waals surface area contributed by atoms with Gasteiger partial charge in [-0.25, -0.2) is 0 Å². The molecular weight excluding hydrogens is 192 g/mol. The lowest BCUT2D eigenvalue weighted by Gasteiger charge is -2.21. The van der Waals surface area contributed by atoms with Crippen molar-refractivity contribution in [3.05, 3.63) is 29.8 Å². The molecule has 0 unspecified atom stereocenters. The Labute approximate surface area is 89.7 Å². The number of hydrogen-bond donors (Lipinski definition) is 1. The van der Waals surface area contributed by atoms with Crippen LogP contribution in [0.4, 0.5) is 0 Å². The van der Waals surface area contributed by atoms with Gasteiger partial charge in [-0.2, -0.15) is 0 Å². The highest BCUT2D eigenvalue weighted by atomic mass is 16.5. The van der Waals surface area contributed by atoms with E-state index in [-0.39, 0.29) is 5.75 Å². The lowest BCUT2D eigenvalue weighted by Crippen LogP contribution is -2.27. The van der Waals surface area contributed by atoms with Gasteiger partial charge >= 0.3 is 0 Å². The van der Waals surface area contributed by atoms with E-state index in [0.29, 0.717) is 13.0 Å². The Kier molecular flexibility index (Phi) is 3.86. The number of carbonyl (C=O) groups is 1. The van der Waals surface area contributed by atoms with E-state index in [1.165, 1.54) is 0 Å². The number of aldehydes is 1. The summed E-state index contributed by atoms with van der Waals surface area (Å²) in [6.45, 7) is 2.26. The zero-order chi connectivity index (χ0) is 11.3. The van der Waals surface area contributed by atoms with Crippen molar-refractivity contribution in [2.24, 2.45) is 5.41 Å². The molecule has 0 spiro atoms. The molecule has 3 nitrogen and oxygen atoms in total.